The van der Waals surface area contributed by atoms with Gasteiger partial charge >= 0.3 is 6.09 Å². The molecule has 0 radical (unpaired) electrons. The summed E-state index contributed by atoms with van der Waals surface area (Å²) in [5.74, 6) is 0.745. The van der Waals surface area contributed by atoms with E-state index in [0.717, 1.165) is 32.5 Å². The van der Waals surface area contributed by atoms with Crippen LogP contribution in [0.2, 0.25) is 0 Å². The third kappa shape index (κ3) is 8.53. The molecule has 3 N–H and O–H groups in total. The molecule has 2 aliphatic heterocycles. The normalized spacial score (nSPS) is 25.3. The highest BCUT2D eigenvalue weighted by molar-refractivity contribution is 5.68. The second-order valence-electron chi connectivity index (χ2n) is 7.51. The Kier molecular flexibility index (Phi) is 8.87. The van der Waals surface area contributed by atoms with Crippen molar-refractivity contribution < 1.29 is 19.7 Å². The van der Waals surface area contributed by atoms with Gasteiger partial charge in [0.15, 0.2) is 0 Å². The van der Waals surface area contributed by atoms with Crippen molar-refractivity contribution in [3.05, 3.63) is 0 Å². The van der Waals surface area contributed by atoms with Gasteiger partial charge in [0, 0.05) is 32.8 Å². The number of hydrogen-bond acceptors (Lipinski definition) is 5. The molecule has 1 amide bonds. The summed E-state index contributed by atoms with van der Waals surface area (Å²) in [5.41, 5.74) is -0.441. The van der Waals surface area contributed by atoms with Crippen molar-refractivity contribution in [3.8, 4) is 0 Å². The number of rotatable bonds is 2. The fourth-order valence-corrected chi connectivity index (χ4v) is 2.79. The highest BCUT2D eigenvalue weighted by atomic mass is 16.6. The third-order valence-electron chi connectivity index (χ3n) is 4.09. The van der Waals surface area contributed by atoms with Crippen LogP contribution in [0.5, 0.6) is 0 Å². The van der Waals surface area contributed by atoms with Gasteiger partial charge in [-0.2, -0.15) is 0 Å². The van der Waals surface area contributed by atoms with E-state index in [1.807, 2.05) is 20.8 Å². The molecule has 0 saturated carbocycles. The number of aliphatic hydroxyl groups is 2. The highest BCUT2D eigenvalue weighted by Crippen LogP contribution is 2.18. The SMILES string of the molecule is CC(C)(C)OC(=O)N1CCC[C@H](CO)C1.OC[C@H]1CCCNC1. The maximum atomic E-state index is 11.7. The van der Waals surface area contributed by atoms with Gasteiger partial charge in [-0.3, -0.25) is 0 Å². The lowest BCUT2D eigenvalue weighted by Crippen LogP contribution is -2.43. The van der Waals surface area contributed by atoms with Gasteiger partial charge in [-0.05, 0) is 64.8 Å². The molecule has 6 nitrogen and oxygen atoms in total. The number of aliphatic hydroxyl groups excluding tert-OH is 2. The van der Waals surface area contributed by atoms with Gasteiger partial charge in [0.1, 0.15) is 5.60 Å². The van der Waals surface area contributed by atoms with E-state index in [1.165, 1.54) is 12.8 Å². The molecule has 2 saturated heterocycles. The molecule has 2 fully saturated rings. The quantitative estimate of drug-likeness (QED) is 0.716. The van der Waals surface area contributed by atoms with Crippen LogP contribution >= 0.6 is 0 Å². The summed E-state index contributed by atoms with van der Waals surface area (Å²) in [6, 6.07) is 0. The van der Waals surface area contributed by atoms with Crippen LogP contribution in [0, 0.1) is 11.8 Å². The van der Waals surface area contributed by atoms with E-state index in [1.54, 1.807) is 4.90 Å². The summed E-state index contributed by atoms with van der Waals surface area (Å²) >= 11 is 0. The second-order valence-corrected chi connectivity index (χ2v) is 7.51. The lowest BCUT2D eigenvalue weighted by atomic mass is 9.99. The van der Waals surface area contributed by atoms with Crippen LogP contribution < -0.4 is 5.32 Å². The predicted octanol–water partition coefficient (Wildman–Crippen LogP) is 1.60. The number of nitrogens with zero attached hydrogens (tertiary/aromatic N) is 1. The average Bonchev–Trinajstić information content (AvgIpc) is 2.54. The number of carbonyl (C=O) groups excluding carboxylic acids is 1. The van der Waals surface area contributed by atoms with Gasteiger partial charge in [0.25, 0.3) is 0 Å². The fourth-order valence-electron chi connectivity index (χ4n) is 2.79. The molecule has 23 heavy (non-hydrogen) atoms. The molecule has 2 atom stereocenters. The molecule has 0 unspecified atom stereocenters. The Balaban J connectivity index is 0.000000277. The lowest BCUT2D eigenvalue weighted by Gasteiger charge is -2.33. The fraction of sp³-hybridized carbons (Fsp3) is 0.941. The van der Waals surface area contributed by atoms with Crippen LogP contribution in [0.15, 0.2) is 0 Å². The molecule has 0 aliphatic carbocycles. The first-order valence-electron chi connectivity index (χ1n) is 8.76. The van der Waals surface area contributed by atoms with Crippen LogP contribution in [0.4, 0.5) is 4.79 Å². The molecule has 136 valence electrons. The van der Waals surface area contributed by atoms with Crippen molar-refractivity contribution in [3.63, 3.8) is 0 Å². The number of likely N-dealkylation sites (tertiary alicyclic amines) is 1. The van der Waals surface area contributed by atoms with E-state index >= 15 is 0 Å². The Morgan fingerprint density at radius 2 is 1.83 bits per heavy atom. The van der Waals surface area contributed by atoms with Crippen molar-refractivity contribution in [2.24, 2.45) is 11.8 Å². The molecular formula is C17H34N2O4. The van der Waals surface area contributed by atoms with E-state index in [2.05, 4.69) is 5.32 Å². The van der Waals surface area contributed by atoms with Crippen LogP contribution in [0.1, 0.15) is 46.5 Å². The zero-order valence-corrected chi connectivity index (χ0v) is 14.9. The summed E-state index contributed by atoms with van der Waals surface area (Å²) in [4.78, 5) is 13.4. The summed E-state index contributed by atoms with van der Waals surface area (Å²) in [6.07, 6.45) is 4.11. The molecule has 0 bridgehead atoms. The van der Waals surface area contributed by atoms with Gasteiger partial charge in [0.2, 0.25) is 0 Å². The first kappa shape index (κ1) is 20.2. The van der Waals surface area contributed by atoms with Crippen molar-refractivity contribution in [1.29, 1.82) is 0 Å². The predicted molar refractivity (Wildman–Crippen MR) is 90.3 cm³/mol. The number of hydrogen-bond donors (Lipinski definition) is 3. The van der Waals surface area contributed by atoms with Gasteiger partial charge in [-0.1, -0.05) is 0 Å². The number of piperidine rings is 2. The van der Waals surface area contributed by atoms with Crippen LogP contribution in [0.3, 0.4) is 0 Å². The highest BCUT2D eigenvalue weighted by Gasteiger charge is 2.27. The van der Waals surface area contributed by atoms with Crippen LogP contribution in [-0.2, 0) is 4.74 Å². The first-order chi connectivity index (χ1) is 10.9. The van der Waals surface area contributed by atoms with E-state index < -0.39 is 5.60 Å². The number of carbonyl (C=O) groups is 1. The zero-order valence-electron chi connectivity index (χ0n) is 14.9. The Morgan fingerprint density at radius 1 is 1.17 bits per heavy atom. The van der Waals surface area contributed by atoms with Gasteiger partial charge in [-0.25, -0.2) is 4.79 Å². The first-order valence-corrected chi connectivity index (χ1v) is 8.76. The smallest absolute Gasteiger partial charge is 0.410 e. The van der Waals surface area contributed by atoms with Crippen LogP contribution in [-0.4, -0.2) is 66.2 Å². The Labute approximate surface area is 140 Å². The minimum absolute atomic E-state index is 0.152. The molecule has 0 spiro atoms. The summed E-state index contributed by atoms with van der Waals surface area (Å²) in [6.45, 7) is 9.59. The van der Waals surface area contributed by atoms with Crippen LogP contribution in [0.25, 0.3) is 0 Å². The Morgan fingerprint density at radius 3 is 2.30 bits per heavy atom. The molecule has 0 aromatic carbocycles. The van der Waals surface area contributed by atoms with Gasteiger partial charge in [0.05, 0.1) is 0 Å². The molecule has 2 rings (SSSR count). The minimum atomic E-state index is -0.441. The van der Waals surface area contributed by atoms with E-state index in [0.29, 0.717) is 19.1 Å². The molecule has 2 heterocycles. The molecular weight excluding hydrogens is 296 g/mol. The Bertz CT molecular complexity index is 338. The molecule has 2 aliphatic rings. The topological polar surface area (TPSA) is 82.0 Å². The van der Waals surface area contributed by atoms with Crippen molar-refractivity contribution in [1.82, 2.24) is 10.2 Å². The second kappa shape index (κ2) is 10.1. The summed E-state index contributed by atoms with van der Waals surface area (Å²) in [7, 11) is 0. The van der Waals surface area contributed by atoms with Gasteiger partial charge in [-0.15, -0.1) is 0 Å². The lowest BCUT2D eigenvalue weighted by molar-refractivity contribution is 0.0132. The number of nitrogens with one attached hydrogen (secondary N) is 1. The zero-order chi connectivity index (χ0) is 17.3. The summed E-state index contributed by atoms with van der Waals surface area (Å²) < 4.78 is 5.28. The number of amides is 1. The maximum absolute atomic E-state index is 11.7. The van der Waals surface area contributed by atoms with E-state index in [-0.39, 0.29) is 18.6 Å². The van der Waals surface area contributed by atoms with Gasteiger partial charge < -0.3 is 25.2 Å². The van der Waals surface area contributed by atoms with E-state index in [4.69, 9.17) is 14.9 Å². The molecule has 6 heteroatoms. The monoisotopic (exact) mass is 330 g/mol. The standard InChI is InChI=1S/C11H21NO3.C6H13NO/c1-11(2,3)15-10(14)12-6-4-5-9(7-12)8-13;8-5-6-2-1-3-7-4-6/h9,13H,4-8H2,1-3H3;6-8H,1-5H2/t9-;6-/m00/s1. The van der Waals surface area contributed by atoms with E-state index in [9.17, 15) is 4.79 Å². The molecule has 0 aromatic rings. The van der Waals surface area contributed by atoms with Crippen molar-refractivity contribution in [2.45, 2.75) is 52.1 Å². The molecule has 0 aromatic heterocycles. The number of ether oxygens (including phenoxy) is 1. The summed E-state index contributed by atoms with van der Waals surface area (Å²) in [5, 5.41) is 20.9. The average molecular weight is 330 g/mol. The van der Waals surface area contributed by atoms with Crippen molar-refractivity contribution >= 4 is 6.09 Å². The minimum Gasteiger partial charge on any atom is -0.444 e. The third-order valence-corrected chi connectivity index (χ3v) is 4.09. The Hall–Kier alpha value is -0.850. The largest absolute Gasteiger partial charge is 0.444 e. The maximum Gasteiger partial charge on any atom is 0.410 e. The van der Waals surface area contributed by atoms with Crippen molar-refractivity contribution in [2.75, 3.05) is 39.4 Å².